The fourth-order valence-corrected chi connectivity index (χ4v) is 6.95. The first-order valence-corrected chi connectivity index (χ1v) is 16.3. The molecule has 9 nitrogen and oxygen atoms in total. The Labute approximate surface area is 272 Å². The van der Waals surface area contributed by atoms with Crippen molar-refractivity contribution in [3.8, 4) is 11.5 Å². The van der Waals surface area contributed by atoms with Crippen molar-refractivity contribution in [1.29, 1.82) is 0 Å². The topological polar surface area (TPSA) is 105 Å². The normalized spacial score (nSPS) is 13.0. The summed E-state index contributed by atoms with van der Waals surface area (Å²) in [7, 11) is -2.79. The highest BCUT2D eigenvalue weighted by Gasteiger charge is 2.35. The molecule has 0 aromatic heterocycles. The van der Waals surface area contributed by atoms with Gasteiger partial charge in [0.15, 0.2) is 11.5 Å². The molecule has 234 valence electrons. The van der Waals surface area contributed by atoms with Crippen molar-refractivity contribution >= 4 is 50.7 Å². The highest BCUT2D eigenvalue weighted by molar-refractivity contribution is 7.92. The first-order chi connectivity index (χ1) is 21.7. The number of rotatable bonds is 11. The van der Waals surface area contributed by atoms with Gasteiger partial charge in [0.25, 0.3) is 10.0 Å². The number of benzene rings is 4. The van der Waals surface area contributed by atoms with E-state index in [-0.39, 0.29) is 23.5 Å². The molecule has 45 heavy (non-hydrogen) atoms. The van der Waals surface area contributed by atoms with Crippen LogP contribution in [0.25, 0.3) is 0 Å². The maximum Gasteiger partial charge on any atom is 0.264 e. The first kappa shape index (κ1) is 32.2. The molecule has 0 saturated carbocycles. The number of nitrogens with one attached hydrogen (secondary N) is 1. The summed E-state index contributed by atoms with van der Waals surface area (Å²) in [6, 6.07) is 25.6. The van der Waals surface area contributed by atoms with Gasteiger partial charge in [0.2, 0.25) is 11.8 Å². The van der Waals surface area contributed by atoms with Crippen LogP contribution in [0.2, 0.25) is 10.0 Å². The molecule has 1 atom stereocenters. The fraction of sp³-hybridized carbons (Fsp3) is 0.212. The minimum Gasteiger partial charge on any atom is -0.486 e. The maximum absolute atomic E-state index is 14.5. The van der Waals surface area contributed by atoms with Crippen LogP contribution >= 0.6 is 23.2 Å². The molecule has 4 aromatic rings. The van der Waals surface area contributed by atoms with Crippen LogP contribution in [0.3, 0.4) is 0 Å². The van der Waals surface area contributed by atoms with Gasteiger partial charge in [-0.3, -0.25) is 13.9 Å². The molecule has 0 bridgehead atoms. The molecule has 0 radical (unpaired) electrons. The number of sulfonamides is 1. The number of amides is 2. The number of ether oxygens (including phenoxy) is 2. The molecule has 4 aromatic carbocycles. The van der Waals surface area contributed by atoms with Gasteiger partial charge < -0.3 is 19.7 Å². The van der Waals surface area contributed by atoms with Crippen LogP contribution in [-0.2, 0) is 32.6 Å². The molecule has 2 amide bonds. The predicted octanol–water partition coefficient (Wildman–Crippen LogP) is 5.35. The molecule has 0 saturated heterocycles. The van der Waals surface area contributed by atoms with E-state index in [9.17, 15) is 18.0 Å². The monoisotopic (exact) mass is 667 g/mol. The molecular weight excluding hydrogens is 637 g/mol. The van der Waals surface area contributed by atoms with E-state index in [1.54, 1.807) is 48.5 Å². The Balaban J connectivity index is 1.60. The van der Waals surface area contributed by atoms with E-state index in [1.807, 2.05) is 30.3 Å². The average molecular weight is 669 g/mol. The molecule has 0 spiro atoms. The number of carbonyl (C=O) groups is 2. The minimum atomic E-state index is -4.27. The SMILES string of the molecule is CNC(=O)[C@@H](Cc1ccccc1)N(Cc1c(Cl)cccc1Cl)C(=O)CN(c1ccc2c(c1)OCCO2)S(=O)(=O)c1ccccc1. The molecule has 0 fully saturated rings. The zero-order valence-electron chi connectivity index (χ0n) is 24.4. The highest BCUT2D eigenvalue weighted by Crippen LogP contribution is 2.36. The third-order valence-electron chi connectivity index (χ3n) is 7.33. The quantitative estimate of drug-likeness (QED) is 0.231. The lowest BCUT2D eigenvalue weighted by molar-refractivity contribution is -0.139. The predicted molar refractivity (Wildman–Crippen MR) is 173 cm³/mol. The molecule has 0 unspecified atom stereocenters. The molecule has 1 aliphatic rings. The Morgan fingerprint density at radius 2 is 1.47 bits per heavy atom. The van der Waals surface area contributed by atoms with Gasteiger partial charge in [0, 0.05) is 41.7 Å². The fourth-order valence-electron chi connectivity index (χ4n) is 5.01. The molecular formula is C33H31Cl2N3O6S. The van der Waals surface area contributed by atoms with Crippen molar-refractivity contribution in [3.05, 3.63) is 118 Å². The molecule has 1 heterocycles. The molecule has 1 aliphatic heterocycles. The van der Waals surface area contributed by atoms with Crippen molar-refractivity contribution in [2.24, 2.45) is 0 Å². The van der Waals surface area contributed by atoms with E-state index in [0.29, 0.717) is 40.3 Å². The van der Waals surface area contributed by atoms with Gasteiger partial charge in [-0.2, -0.15) is 0 Å². The number of anilines is 1. The van der Waals surface area contributed by atoms with E-state index in [2.05, 4.69) is 5.32 Å². The Hall–Kier alpha value is -4.25. The van der Waals surface area contributed by atoms with Crippen LogP contribution in [0, 0.1) is 0 Å². The van der Waals surface area contributed by atoms with Gasteiger partial charge in [-0.15, -0.1) is 0 Å². The third kappa shape index (κ3) is 7.36. The summed E-state index contributed by atoms with van der Waals surface area (Å²) in [5.41, 5.74) is 1.41. The zero-order valence-corrected chi connectivity index (χ0v) is 26.7. The van der Waals surface area contributed by atoms with Crippen LogP contribution in [0.5, 0.6) is 11.5 Å². The van der Waals surface area contributed by atoms with Gasteiger partial charge in [0.05, 0.1) is 10.6 Å². The van der Waals surface area contributed by atoms with Crippen molar-refractivity contribution < 1.29 is 27.5 Å². The number of likely N-dealkylation sites (N-methyl/N-ethyl adjacent to an activating group) is 1. The van der Waals surface area contributed by atoms with Crippen LogP contribution < -0.4 is 19.1 Å². The van der Waals surface area contributed by atoms with Crippen LogP contribution in [0.15, 0.2) is 102 Å². The number of halogens is 2. The second kappa shape index (κ2) is 14.2. The summed E-state index contributed by atoms with van der Waals surface area (Å²) < 4.78 is 40.6. The lowest BCUT2D eigenvalue weighted by atomic mass is 10.0. The maximum atomic E-state index is 14.5. The van der Waals surface area contributed by atoms with Gasteiger partial charge >= 0.3 is 0 Å². The van der Waals surface area contributed by atoms with E-state index >= 15 is 0 Å². The lowest BCUT2D eigenvalue weighted by Gasteiger charge is -2.34. The standard InChI is InChI=1S/C33H31Cl2N3O6S/c1-36-33(40)29(19-23-9-4-2-5-10-23)37(21-26-27(34)13-8-14-28(26)35)32(39)22-38(45(41,42)25-11-6-3-7-12-25)24-15-16-30-31(20-24)44-18-17-43-30/h2-16,20,29H,17-19,21-22H2,1H3,(H,36,40)/t29-/m1/s1. The average Bonchev–Trinajstić information content (AvgIpc) is 3.06. The van der Waals surface area contributed by atoms with Crippen molar-refractivity contribution in [2.75, 3.05) is 31.1 Å². The number of hydrogen-bond acceptors (Lipinski definition) is 6. The van der Waals surface area contributed by atoms with Crippen molar-refractivity contribution in [2.45, 2.75) is 23.9 Å². The van der Waals surface area contributed by atoms with Crippen LogP contribution in [0.4, 0.5) is 5.69 Å². The highest BCUT2D eigenvalue weighted by atomic mass is 35.5. The molecule has 0 aliphatic carbocycles. The van der Waals surface area contributed by atoms with Crippen molar-refractivity contribution in [1.82, 2.24) is 10.2 Å². The van der Waals surface area contributed by atoms with Crippen LogP contribution in [-0.4, -0.2) is 58.0 Å². The van der Waals surface area contributed by atoms with E-state index < -0.39 is 34.4 Å². The summed E-state index contributed by atoms with van der Waals surface area (Å²) in [6.45, 7) is -0.136. The summed E-state index contributed by atoms with van der Waals surface area (Å²) in [4.78, 5) is 29.2. The molecule has 1 N–H and O–H groups in total. The second-order valence-electron chi connectivity index (χ2n) is 10.2. The third-order valence-corrected chi connectivity index (χ3v) is 9.83. The second-order valence-corrected chi connectivity index (χ2v) is 12.9. The summed E-state index contributed by atoms with van der Waals surface area (Å²) >= 11 is 13.0. The minimum absolute atomic E-state index is 0.0134. The van der Waals surface area contributed by atoms with E-state index in [0.717, 1.165) is 9.87 Å². The number of carbonyl (C=O) groups excluding carboxylic acids is 2. The Bertz CT molecular complexity index is 1750. The lowest BCUT2D eigenvalue weighted by Crippen LogP contribution is -2.53. The molecule has 5 rings (SSSR count). The Morgan fingerprint density at radius 3 is 2.11 bits per heavy atom. The summed E-state index contributed by atoms with van der Waals surface area (Å²) in [6.07, 6.45) is 0.157. The number of nitrogens with zero attached hydrogens (tertiary/aromatic N) is 2. The number of hydrogen-bond donors (Lipinski definition) is 1. The van der Waals surface area contributed by atoms with Gasteiger partial charge in [-0.25, -0.2) is 8.42 Å². The summed E-state index contributed by atoms with van der Waals surface area (Å²) in [5, 5.41) is 3.25. The van der Waals surface area contributed by atoms with Crippen molar-refractivity contribution in [3.63, 3.8) is 0 Å². The van der Waals surface area contributed by atoms with Gasteiger partial charge in [-0.05, 0) is 42.0 Å². The Kier molecular flexibility index (Phi) is 10.2. The smallest absolute Gasteiger partial charge is 0.264 e. The van der Waals surface area contributed by atoms with E-state index in [1.165, 1.54) is 30.1 Å². The largest absolute Gasteiger partial charge is 0.486 e. The van der Waals surface area contributed by atoms with Gasteiger partial charge in [-0.1, -0.05) is 77.8 Å². The first-order valence-electron chi connectivity index (χ1n) is 14.1. The van der Waals surface area contributed by atoms with E-state index in [4.69, 9.17) is 32.7 Å². The van der Waals surface area contributed by atoms with Gasteiger partial charge in [0.1, 0.15) is 25.8 Å². The Morgan fingerprint density at radius 1 is 0.844 bits per heavy atom. The zero-order chi connectivity index (χ0) is 32.0. The molecule has 12 heteroatoms. The number of fused-ring (bicyclic) bond motifs is 1. The summed E-state index contributed by atoms with van der Waals surface area (Å²) in [5.74, 6) is -0.269. The van der Waals surface area contributed by atoms with Crippen LogP contribution in [0.1, 0.15) is 11.1 Å².